The van der Waals surface area contributed by atoms with Crippen molar-refractivity contribution in [3.05, 3.63) is 0 Å². The number of hydrogen-bond donors (Lipinski definition) is 1. The van der Waals surface area contributed by atoms with Gasteiger partial charge >= 0.3 is 11.9 Å². The second-order valence-electron chi connectivity index (χ2n) is 11.4. The van der Waals surface area contributed by atoms with Gasteiger partial charge in [0.25, 0.3) is 0 Å². The van der Waals surface area contributed by atoms with Crippen molar-refractivity contribution in [2.45, 2.75) is 168 Å². The number of carbonyl (C=O) groups is 2. The first kappa shape index (κ1) is 36.8. The lowest BCUT2D eigenvalue weighted by molar-refractivity contribution is -0.299. The molecule has 1 unspecified atom stereocenters. The highest BCUT2D eigenvalue weighted by atomic mass is 17.2. The first-order chi connectivity index (χ1) is 19.5. The Morgan fingerprint density at radius 3 is 1.57 bits per heavy atom. The zero-order valence-electron chi connectivity index (χ0n) is 26.2. The Labute approximate surface area is 244 Å². The summed E-state index contributed by atoms with van der Waals surface area (Å²) in [6.45, 7) is 10.9. The molecule has 1 aliphatic rings. The van der Waals surface area contributed by atoms with Crippen molar-refractivity contribution in [1.29, 1.82) is 0 Å². The van der Waals surface area contributed by atoms with Crippen LogP contribution in [0.25, 0.3) is 0 Å². The smallest absolute Gasteiger partial charge is 0.342 e. The Hall–Kier alpha value is -1.22. The molecule has 1 heterocycles. The normalized spacial score (nSPS) is 15.4. The van der Waals surface area contributed by atoms with Gasteiger partial charge in [0.05, 0.1) is 6.61 Å². The van der Waals surface area contributed by atoms with Crippen molar-refractivity contribution in [3.63, 3.8) is 0 Å². The topological polar surface area (TPSA) is 92.3 Å². The van der Waals surface area contributed by atoms with E-state index < -0.39 is 0 Å². The maximum Gasteiger partial charge on any atom is 0.342 e. The van der Waals surface area contributed by atoms with Crippen molar-refractivity contribution in [3.8, 4) is 0 Å². The fourth-order valence-electron chi connectivity index (χ4n) is 4.98. The van der Waals surface area contributed by atoms with Crippen LogP contribution in [0.1, 0.15) is 150 Å². The van der Waals surface area contributed by atoms with E-state index in [1.807, 2.05) is 27.7 Å². The summed E-state index contributed by atoms with van der Waals surface area (Å²) in [6.07, 6.45) is 18.7. The zero-order valence-corrected chi connectivity index (χ0v) is 26.2. The Bertz CT molecular complexity index is 562. The fourth-order valence-corrected chi connectivity index (χ4v) is 4.98. The van der Waals surface area contributed by atoms with Crippen LogP contribution in [0, 0.1) is 5.92 Å². The van der Waals surface area contributed by atoms with Crippen LogP contribution in [0.3, 0.4) is 0 Å². The summed E-state index contributed by atoms with van der Waals surface area (Å²) in [4.78, 5) is 43.9. The molecule has 1 saturated heterocycles. The van der Waals surface area contributed by atoms with Gasteiger partial charge in [-0.05, 0) is 63.7 Å². The molecule has 0 amide bonds. The van der Waals surface area contributed by atoms with Crippen LogP contribution >= 0.6 is 0 Å². The lowest BCUT2D eigenvalue weighted by atomic mass is 9.99. The second kappa shape index (κ2) is 25.5. The summed E-state index contributed by atoms with van der Waals surface area (Å²) in [5.74, 6) is 0.140. The molecule has 1 N–H and O–H groups in total. The third kappa shape index (κ3) is 19.8. The third-order valence-corrected chi connectivity index (χ3v) is 7.96. The lowest BCUT2D eigenvalue weighted by Crippen LogP contribution is -2.33. The van der Waals surface area contributed by atoms with E-state index in [4.69, 9.17) is 24.3 Å². The maximum atomic E-state index is 11.8. The van der Waals surface area contributed by atoms with Gasteiger partial charge in [-0.15, -0.1) is 0 Å². The summed E-state index contributed by atoms with van der Waals surface area (Å²) in [6, 6.07) is 0.551. The SMILES string of the molecule is CCC(CC)OOC(=O)CCCCCCCC(CCCCCCCC(=O)OOC(CC)CC)NCC1CCOC1. The zero-order chi connectivity index (χ0) is 29.3. The Morgan fingerprint density at radius 2 is 1.15 bits per heavy atom. The number of hydrogen-bond acceptors (Lipinski definition) is 8. The van der Waals surface area contributed by atoms with Crippen molar-refractivity contribution in [1.82, 2.24) is 5.32 Å². The number of ether oxygens (including phenoxy) is 1. The molecule has 8 heteroatoms. The van der Waals surface area contributed by atoms with Gasteiger partial charge in [-0.25, -0.2) is 9.59 Å². The molecular formula is C32H61NO7. The molecule has 0 aromatic heterocycles. The van der Waals surface area contributed by atoms with E-state index >= 15 is 0 Å². The average Bonchev–Trinajstić information content (AvgIpc) is 3.49. The summed E-state index contributed by atoms with van der Waals surface area (Å²) < 4.78 is 5.55. The molecule has 1 rings (SSSR count). The Morgan fingerprint density at radius 1 is 0.700 bits per heavy atom. The van der Waals surface area contributed by atoms with Crippen LogP contribution in [-0.4, -0.2) is 49.9 Å². The second-order valence-corrected chi connectivity index (χ2v) is 11.4. The van der Waals surface area contributed by atoms with Gasteiger partial charge in [0.15, 0.2) is 0 Å². The Kier molecular flexibility index (Phi) is 23.5. The molecule has 236 valence electrons. The highest BCUT2D eigenvalue weighted by Gasteiger charge is 2.17. The van der Waals surface area contributed by atoms with E-state index in [-0.39, 0.29) is 24.1 Å². The lowest BCUT2D eigenvalue weighted by Gasteiger charge is -2.21. The molecule has 1 fully saturated rings. The molecular weight excluding hydrogens is 510 g/mol. The minimum atomic E-state index is -0.252. The molecule has 8 nitrogen and oxygen atoms in total. The van der Waals surface area contributed by atoms with E-state index in [0.717, 1.165) is 90.4 Å². The van der Waals surface area contributed by atoms with Crippen molar-refractivity contribution >= 4 is 11.9 Å². The summed E-state index contributed by atoms with van der Waals surface area (Å²) in [7, 11) is 0. The minimum Gasteiger partial charge on any atom is -0.381 e. The van der Waals surface area contributed by atoms with Gasteiger partial charge in [-0.2, -0.15) is 9.78 Å². The van der Waals surface area contributed by atoms with E-state index in [1.54, 1.807) is 0 Å². The number of nitrogens with one attached hydrogen (secondary N) is 1. The molecule has 1 atom stereocenters. The maximum absolute atomic E-state index is 11.8. The largest absolute Gasteiger partial charge is 0.381 e. The first-order valence-corrected chi connectivity index (χ1v) is 16.6. The van der Waals surface area contributed by atoms with E-state index in [0.29, 0.717) is 24.8 Å². The monoisotopic (exact) mass is 571 g/mol. The average molecular weight is 572 g/mol. The molecule has 0 bridgehead atoms. The van der Waals surface area contributed by atoms with Gasteiger partial charge < -0.3 is 10.1 Å². The number of unbranched alkanes of at least 4 members (excludes halogenated alkanes) is 8. The summed E-state index contributed by atoms with van der Waals surface area (Å²) in [5, 5.41) is 3.83. The van der Waals surface area contributed by atoms with E-state index in [2.05, 4.69) is 5.32 Å². The summed E-state index contributed by atoms with van der Waals surface area (Å²) >= 11 is 0. The number of carbonyl (C=O) groups excluding carboxylic acids is 2. The molecule has 0 spiro atoms. The predicted octanol–water partition coefficient (Wildman–Crippen LogP) is 7.77. The first-order valence-electron chi connectivity index (χ1n) is 16.6. The predicted molar refractivity (Wildman–Crippen MR) is 158 cm³/mol. The highest BCUT2D eigenvalue weighted by molar-refractivity contribution is 5.68. The molecule has 0 aromatic rings. The number of rotatable bonds is 27. The summed E-state index contributed by atoms with van der Waals surface area (Å²) in [5.41, 5.74) is 0. The highest BCUT2D eigenvalue weighted by Crippen LogP contribution is 2.17. The van der Waals surface area contributed by atoms with Crippen molar-refractivity contribution < 1.29 is 33.9 Å². The quantitative estimate of drug-likeness (QED) is 0.0607. The minimum absolute atomic E-state index is 0.00185. The molecule has 0 radical (unpaired) electrons. The van der Waals surface area contributed by atoms with Crippen LogP contribution < -0.4 is 5.32 Å². The van der Waals surface area contributed by atoms with Gasteiger partial charge in [0, 0.05) is 32.0 Å². The van der Waals surface area contributed by atoms with E-state index in [9.17, 15) is 9.59 Å². The van der Waals surface area contributed by atoms with Gasteiger partial charge in [0.2, 0.25) is 0 Å². The molecule has 0 aromatic carbocycles. The van der Waals surface area contributed by atoms with E-state index in [1.165, 1.54) is 38.5 Å². The van der Waals surface area contributed by atoms with Crippen LogP contribution in [-0.2, 0) is 33.9 Å². The Balaban J connectivity index is 2.14. The van der Waals surface area contributed by atoms with Gasteiger partial charge in [0.1, 0.15) is 12.2 Å². The molecule has 0 saturated carbocycles. The van der Waals surface area contributed by atoms with Crippen molar-refractivity contribution in [2.24, 2.45) is 5.92 Å². The van der Waals surface area contributed by atoms with Crippen LogP contribution in [0.5, 0.6) is 0 Å². The molecule has 1 aliphatic heterocycles. The van der Waals surface area contributed by atoms with Crippen LogP contribution in [0.2, 0.25) is 0 Å². The van der Waals surface area contributed by atoms with Gasteiger partial charge in [-0.1, -0.05) is 79.1 Å². The fraction of sp³-hybridized carbons (Fsp3) is 0.938. The van der Waals surface area contributed by atoms with Gasteiger partial charge in [-0.3, -0.25) is 9.78 Å². The molecule has 40 heavy (non-hydrogen) atoms. The van der Waals surface area contributed by atoms with Crippen LogP contribution in [0.4, 0.5) is 0 Å². The van der Waals surface area contributed by atoms with Crippen molar-refractivity contribution in [2.75, 3.05) is 19.8 Å². The molecule has 0 aliphatic carbocycles. The standard InChI is InChI=1S/C32H61NO7/c1-5-29(6-2)37-39-31(34)21-17-13-9-11-15-19-28(33-25-27-23-24-36-26-27)20-16-12-10-14-18-22-32(35)40-38-30(7-3)8-4/h27-30,33H,5-26H2,1-4H3. The third-order valence-electron chi connectivity index (χ3n) is 7.96. The van der Waals surface area contributed by atoms with Crippen LogP contribution in [0.15, 0.2) is 0 Å².